The van der Waals surface area contributed by atoms with E-state index in [1.807, 2.05) is 5.38 Å². The molecule has 2 amide bonds. The molecule has 0 spiro atoms. The summed E-state index contributed by atoms with van der Waals surface area (Å²) in [6, 6.07) is 4.80. The fourth-order valence-electron chi connectivity index (χ4n) is 3.95. The molecule has 1 aliphatic heterocycles. The number of pyridine rings is 1. The van der Waals surface area contributed by atoms with Crippen LogP contribution < -0.4 is 10.1 Å². The summed E-state index contributed by atoms with van der Waals surface area (Å²) in [5.74, 6) is -1.15. The fourth-order valence-corrected chi connectivity index (χ4v) is 5.21. The summed E-state index contributed by atoms with van der Waals surface area (Å²) in [4.78, 5) is 44.4. The molecule has 190 valence electrons. The topological polar surface area (TPSA) is 97.8 Å². The maximum Gasteiger partial charge on any atom is 0.410 e. The van der Waals surface area contributed by atoms with E-state index in [1.165, 1.54) is 41.5 Å². The predicted molar refractivity (Wildman–Crippen MR) is 135 cm³/mol. The van der Waals surface area contributed by atoms with Gasteiger partial charge >= 0.3 is 6.09 Å². The third-order valence-corrected chi connectivity index (χ3v) is 6.81. The Labute approximate surface area is 216 Å². The molecule has 2 aromatic heterocycles. The number of hydrogen-bond donors (Lipinski definition) is 1. The summed E-state index contributed by atoms with van der Waals surface area (Å²) in [5, 5.41) is 5.26. The number of carbonyl (C=O) groups excluding carboxylic acids is 3. The van der Waals surface area contributed by atoms with Crippen LogP contribution in [0.1, 0.15) is 37.7 Å². The number of piperidine rings is 1. The summed E-state index contributed by atoms with van der Waals surface area (Å²) in [7, 11) is 1.40. The van der Waals surface area contributed by atoms with E-state index in [0.717, 1.165) is 0 Å². The molecule has 1 aromatic carbocycles. The second kappa shape index (κ2) is 10.0. The summed E-state index contributed by atoms with van der Waals surface area (Å²) in [6.45, 7) is 5.41. The number of halogens is 2. The zero-order chi connectivity index (χ0) is 26.2. The molecule has 4 rings (SSSR count). The number of aromatic nitrogens is 1. The number of nitrogens with zero attached hydrogens (tertiary/aromatic N) is 2. The number of methoxy groups -OCH3 is 1. The van der Waals surface area contributed by atoms with Crippen LogP contribution in [0.3, 0.4) is 0 Å². The van der Waals surface area contributed by atoms with Gasteiger partial charge in [0.1, 0.15) is 34.1 Å². The summed E-state index contributed by atoms with van der Waals surface area (Å²) < 4.78 is 25.4. The van der Waals surface area contributed by atoms with E-state index in [1.54, 1.807) is 26.8 Å². The number of Topliss-reactive ketones (excluding diaryl/α,β-unsaturated/α-hetero) is 1. The molecule has 0 saturated carbocycles. The number of fused-ring (bicyclic) bond motifs is 1. The molecule has 1 aliphatic rings. The normalized spacial score (nSPS) is 16.2. The summed E-state index contributed by atoms with van der Waals surface area (Å²) in [6.07, 6.45) is -0.492. The zero-order valence-corrected chi connectivity index (χ0v) is 21.8. The number of amides is 2. The third-order valence-electron chi connectivity index (χ3n) is 5.59. The van der Waals surface area contributed by atoms with Gasteiger partial charge in [-0.3, -0.25) is 9.59 Å². The van der Waals surface area contributed by atoms with E-state index in [-0.39, 0.29) is 41.9 Å². The van der Waals surface area contributed by atoms with Crippen molar-refractivity contribution in [2.75, 3.05) is 20.2 Å². The second-order valence-corrected chi connectivity index (χ2v) is 10.6. The van der Waals surface area contributed by atoms with Crippen LogP contribution >= 0.6 is 22.9 Å². The highest BCUT2D eigenvalue weighted by molar-refractivity contribution is 7.18. The highest BCUT2D eigenvalue weighted by Crippen LogP contribution is 2.41. The molecule has 11 heteroatoms. The number of likely N-dealkylation sites (tertiary alicyclic amines) is 1. The molecule has 1 fully saturated rings. The van der Waals surface area contributed by atoms with E-state index in [9.17, 15) is 18.8 Å². The van der Waals surface area contributed by atoms with Crippen molar-refractivity contribution in [1.29, 1.82) is 0 Å². The Bertz CT molecular complexity index is 1350. The van der Waals surface area contributed by atoms with Crippen LogP contribution in [-0.4, -0.2) is 59.5 Å². The first-order chi connectivity index (χ1) is 17.0. The lowest BCUT2D eigenvalue weighted by molar-refractivity contribution is -0.123. The molecular weight excluding hydrogens is 509 g/mol. The standard InChI is InChI=1S/C25H25ClFN3O5S/c1-25(2,3)35-24(33)30-9-7-17(31)16(12-30)28-23(32)20-19(14-6-5-13(27)11-18(14)34-4)21-15(8-10-36-21)22(26)29-20/h5-6,8,10-11,16H,7,9,12H2,1-4H3,(H,28,32). The van der Waals surface area contributed by atoms with Crippen LogP contribution in [0.2, 0.25) is 5.15 Å². The monoisotopic (exact) mass is 533 g/mol. The molecule has 1 N–H and O–H groups in total. The van der Waals surface area contributed by atoms with Gasteiger partial charge in [0.15, 0.2) is 5.78 Å². The minimum absolute atomic E-state index is 0.0380. The first kappa shape index (κ1) is 25.8. The second-order valence-electron chi connectivity index (χ2n) is 9.30. The molecule has 0 aliphatic carbocycles. The molecule has 8 nitrogen and oxygen atoms in total. The van der Waals surface area contributed by atoms with Crippen LogP contribution in [0.15, 0.2) is 29.6 Å². The lowest BCUT2D eigenvalue weighted by atomic mass is 9.99. The van der Waals surface area contributed by atoms with Gasteiger partial charge in [0, 0.05) is 40.2 Å². The molecule has 0 radical (unpaired) electrons. The molecule has 1 unspecified atom stereocenters. The van der Waals surface area contributed by atoms with Crippen molar-refractivity contribution in [2.24, 2.45) is 0 Å². The van der Waals surface area contributed by atoms with Crippen molar-refractivity contribution in [3.63, 3.8) is 0 Å². The summed E-state index contributed by atoms with van der Waals surface area (Å²) in [5.41, 5.74) is 0.121. The largest absolute Gasteiger partial charge is 0.496 e. The van der Waals surface area contributed by atoms with Crippen molar-refractivity contribution in [2.45, 2.75) is 38.8 Å². The average Bonchev–Trinajstić information content (AvgIpc) is 3.30. The maximum atomic E-state index is 13.9. The van der Waals surface area contributed by atoms with Gasteiger partial charge in [0.2, 0.25) is 0 Å². The Balaban J connectivity index is 1.70. The minimum atomic E-state index is -0.957. The molecule has 3 aromatic rings. The minimum Gasteiger partial charge on any atom is -0.496 e. The molecular formula is C25H25ClFN3O5S. The maximum absolute atomic E-state index is 13.9. The first-order valence-corrected chi connectivity index (χ1v) is 12.5. The molecule has 0 bridgehead atoms. The number of carbonyl (C=O) groups is 3. The SMILES string of the molecule is COc1cc(F)ccc1-c1c(C(=O)NC2CN(C(=O)OC(C)(C)C)CCC2=O)nc(Cl)c2ccsc12. The highest BCUT2D eigenvalue weighted by atomic mass is 35.5. The number of ketones is 1. The Morgan fingerprint density at radius 1 is 1.28 bits per heavy atom. The number of thiophene rings is 1. The van der Waals surface area contributed by atoms with Crippen LogP contribution in [0, 0.1) is 5.82 Å². The number of ether oxygens (including phenoxy) is 2. The van der Waals surface area contributed by atoms with Gasteiger partial charge in [-0.05, 0) is 44.4 Å². The van der Waals surface area contributed by atoms with Crippen molar-refractivity contribution >= 4 is 50.8 Å². The van der Waals surface area contributed by atoms with Crippen LogP contribution in [0.25, 0.3) is 21.2 Å². The van der Waals surface area contributed by atoms with Crippen molar-refractivity contribution in [3.8, 4) is 16.9 Å². The Morgan fingerprint density at radius 2 is 2.03 bits per heavy atom. The smallest absolute Gasteiger partial charge is 0.410 e. The van der Waals surface area contributed by atoms with Gasteiger partial charge < -0.3 is 19.7 Å². The quantitative estimate of drug-likeness (QED) is 0.470. The van der Waals surface area contributed by atoms with Crippen molar-refractivity contribution in [3.05, 3.63) is 46.3 Å². The van der Waals surface area contributed by atoms with Crippen molar-refractivity contribution in [1.82, 2.24) is 15.2 Å². The first-order valence-electron chi connectivity index (χ1n) is 11.2. The van der Waals surface area contributed by atoms with Gasteiger partial charge in [0.25, 0.3) is 5.91 Å². The lowest BCUT2D eigenvalue weighted by Gasteiger charge is -2.33. The van der Waals surface area contributed by atoms with Crippen LogP contribution in [0.5, 0.6) is 5.75 Å². The number of rotatable bonds is 4. The Hall–Kier alpha value is -3.24. The van der Waals surface area contributed by atoms with Gasteiger partial charge in [-0.1, -0.05) is 11.6 Å². The Kier molecular flexibility index (Phi) is 7.19. The zero-order valence-electron chi connectivity index (χ0n) is 20.2. The Morgan fingerprint density at radius 3 is 2.72 bits per heavy atom. The summed E-state index contributed by atoms with van der Waals surface area (Å²) >= 11 is 7.74. The van der Waals surface area contributed by atoms with Crippen LogP contribution in [-0.2, 0) is 9.53 Å². The van der Waals surface area contributed by atoms with Crippen molar-refractivity contribution < 1.29 is 28.2 Å². The average molecular weight is 534 g/mol. The highest BCUT2D eigenvalue weighted by Gasteiger charge is 2.34. The number of benzene rings is 1. The van der Waals surface area contributed by atoms with Gasteiger partial charge in [0.05, 0.1) is 13.7 Å². The predicted octanol–water partition coefficient (Wildman–Crippen LogP) is 5.07. The van der Waals surface area contributed by atoms with E-state index in [0.29, 0.717) is 21.2 Å². The molecule has 1 saturated heterocycles. The van der Waals surface area contributed by atoms with Gasteiger partial charge in [-0.2, -0.15) is 0 Å². The van der Waals surface area contributed by atoms with E-state index < -0.39 is 29.5 Å². The third kappa shape index (κ3) is 5.29. The number of nitrogens with one attached hydrogen (secondary N) is 1. The molecule has 36 heavy (non-hydrogen) atoms. The fraction of sp³-hybridized carbons (Fsp3) is 0.360. The van der Waals surface area contributed by atoms with E-state index in [2.05, 4.69) is 10.3 Å². The molecule has 3 heterocycles. The van der Waals surface area contributed by atoms with E-state index in [4.69, 9.17) is 21.1 Å². The van der Waals surface area contributed by atoms with Gasteiger partial charge in [-0.25, -0.2) is 14.2 Å². The van der Waals surface area contributed by atoms with E-state index >= 15 is 0 Å². The molecule has 1 atom stereocenters. The van der Waals surface area contributed by atoms with Gasteiger partial charge in [-0.15, -0.1) is 11.3 Å². The lowest BCUT2D eigenvalue weighted by Crippen LogP contribution is -2.55. The number of hydrogen-bond acceptors (Lipinski definition) is 7. The van der Waals surface area contributed by atoms with Crippen LogP contribution in [0.4, 0.5) is 9.18 Å².